The number of pyridine rings is 1. The second-order valence-corrected chi connectivity index (χ2v) is 7.26. The Hall–Kier alpha value is -1.95. The molecular weight excluding hydrogens is 314 g/mol. The fraction of sp³-hybridized carbons (Fsp3) is 0.632. The van der Waals surface area contributed by atoms with E-state index in [9.17, 15) is 4.79 Å². The molecular formula is C19H27N5O. The molecule has 2 aliphatic rings. The van der Waals surface area contributed by atoms with Crippen molar-refractivity contribution in [3.8, 4) is 0 Å². The molecule has 2 atom stereocenters. The Kier molecular flexibility index (Phi) is 4.70. The van der Waals surface area contributed by atoms with Crippen LogP contribution in [0, 0.1) is 0 Å². The smallest absolute Gasteiger partial charge is 0.237 e. The fourth-order valence-electron chi connectivity index (χ4n) is 4.41. The van der Waals surface area contributed by atoms with Gasteiger partial charge in [0.05, 0.1) is 12.6 Å². The summed E-state index contributed by atoms with van der Waals surface area (Å²) >= 11 is 0. The van der Waals surface area contributed by atoms with Gasteiger partial charge in [-0.1, -0.05) is 13.0 Å². The lowest BCUT2D eigenvalue weighted by Crippen LogP contribution is -2.47. The van der Waals surface area contributed by atoms with Crippen LogP contribution in [0.15, 0.2) is 24.4 Å². The minimum absolute atomic E-state index is 0.186. The molecule has 2 aromatic heterocycles. The van der Waals surface area contributed by atoms with Crippen molar-refractivity contribution < 1.29 is 4.79 Å². The molecule has 0 spiro atoms. The second kappa shape index (κ2) is 7.12. The van der Waals surface area contributed by atoms with Crippen molar-refractivity contribution >= 4 is 11.6 Å². The monoisotopic (exact) mass is 341 g/mol. The van der Waals surface area contributed by atoms with E-state index in [1.807, 2.05) is 24.4 Å². The largest absolute Gasteiger partial charge is 0.339 e. The Morgan fingerprint density at radius 3 is 2.96 bits per heavy atom. The Bertz CT molecular complexity index is 742. The molecule has 2 saturated heterocycles. The zero-order valence-electron chi connectivity index (χ0n) is 15.0. The predicted molar refractivity (Wildman–Crippen MR) is 96.2 cm³/mol. The van der Waals surface area contributed by atoms with Gasteiger partial charge < -0.3 is 4.90 Å². The van der Waals surface area contributed by atoms with Crippen LogP contribution in [0.2, 0.25) is 0 Å². The standard InChI is InChI=1S/C19H27N5O/c1-2-15-8-3-5-12-23(15)18(25)14-22-11-7-9-16(22)19-21-20-17-10-4-6-13-24(17)19/h4,6,10,13,15-16H,2-3,5,7-9,11-12,14H2,1H3/t15-,16-/m1/s1. The maximum Gasteiger partial charge on any atom is 0.237 e. The van der Waals surface area contributed by atoms with Crippen LogP contribution in [-0.2, 0) is 4.79 Å². The molecule has 0 unspecified atom stereocenters. The van der Waals surface area contributed by atoms with Gasteiger partial charge >= 0.3 is 0 Å². The van der Waals surface area contributed by atoms with Gasteiger partial charge in [0.25, 0.3) is 0 Å². The van der Waals surface area contributed by atoms with Crippen LogP contribution in [0.25, 0.3) is 5.65 Å². The number of rotatable bonds is 4. The van der Waals surface area contributed by atoms with Crippen molar-refractivity contribution in [3.05, 3.63) is 30.2 Å². The molecule has 134 valence electrons. The van der Waals surface area contributed by atoms with E-state index < -0.39 is 0 Å². The van der Waals surface area contributed by atoms with E-state index in [1.54, 1.807) is 0 Å². The molecule has 2 aliphatic heterocycles. The first kappa shape index (κ1) is 16.5. The fourth-order valence-corrected chi connectivity index (χ4v) is 4.41. The Morgan fingerprint density at radius 2 is 2.08 bits per heavy atom. The van der Waals surface area contributed by atoms with Gasteiger partial charge in [0.1, 0.15) is 0 Å². The molecule has 0 saturated carbocycles. The van der Waals surface area contributed by atoms with E-state index in [0.29, 0.717) is 12.6 Å². The van der Waals surface area contributed by atoms with Crippen molar-refractivity contribution in [2.45, 2.75) is 57.5 Å². The Balaban J connectivity index is 1.51. The molecule has 0 aromatic carbocycles. The quantitative estimate of drug-likeness (QED) is 0.858. The number of piperidine rings is 1. The van der Waals surface area contributed by atoms with Gasteiger partial charge in [0.15, 0.2) is 11.5 Å². The number of hydrogen-bond acceptors (Lipinski definition) is 4. The summed E-state index contributed by atoms with van der Waals surface area (Å²) in [5.41, 5.74) is 0.873. The second-order valence-electron chi connectivity index (χ2n) is 7.26. The summed E-state index contributed by atoms with van der Waals surface area (Å²) in [6, 6.07) is 6.57. The Morgan fingerprint density at radius 1 is 1.16 bits per heavy atom. The SMILES string of the molecule is CC[C@@H]1CCCCN1C(=O)CN1CCC[C@@H]1c1nnc2ccccn12. The predicted octanol–water partition coefficient (Wildman–Crippen LogP) is 2.66. The van der Waals surface area contributed by atoms with E-state index in [4.69, 9.17) is 0 Å². The lowest BCUT2D eigenvalue weighted by Gasteiger charge is -2.36. The number of likely N-dealkylation sites (tertiary alicyclic amines) is 2. The van der Waals surface area contributed by atoms with Crippen molar-refractivity contribution in [2.24, 2.45) is 0 Å². The number of amides is 1. The molecule has 0 aliphatic carbocycles. The number of carbonyl (C=O) groups is 1. The third-order valence-electron chi connectivity index (χ3n) is 5.76. The highest BCUT2D eigenvalue weighted by Crippen LogP contribution is 2.31. The molecule has 1 amide bonds. The number of aromatic nitrogens is 3. The average molecular weight is 341 g/mol. The van der Waals surface area contributed by atoms with Crippen molar-refractivity contribution in [3.63, 3.8) is 0 Å². The van der Waals surface area contributed by atoms with Crippen LogP contribution in [0.4, 0.5) is 0 Å². The zero-order chi connectivity index (χ0) is 17.2. The first-order valence-electron chi connectivity index (χ1n) is 9.61. The third kappa shape index (κ3) is 3.15. The molecule has 2 fully saturated rings. The van der Waals surface area contributed by atoms with Gasteiger partial charge in [-0.05, 0) is 57.2 Å². The number of nitrogens with zero attached hydrogens (tertiary/aromatic N) is 5. The van der Waals surface area contributed by atoms with E-state index in [2.05, 4.69) is 31.3 Å². The highest BCUT2D eigenvalue weighted by molar-refractivity contribution is 5.78. The van der Waals surface area contributed by atoms with Crippen LogP contribution in [-0.4, -0.2) is 56.0 Å². The van der Waals surface area contributed by atoms with E-state index in [1.165, 1.54) is 6.42 Å². The molecule has 25 heavy (non-hydrogen) atoms. The zero-order valence-corrected chi connectivity index (χ0v) is 15.0. The minimum atomic E-state index is 0.186. The summed E-state index contributed by atoms with van der Waals surface area (Å²) in [5, 5.41) is 8.71. The normalized spacial score (nSPS) is 24.9. The highest BCUT2D eigenvalue weighted by atomic mass is 16.2. The van der Waals surface area contributed by atoms with Crippen LogP contribution < -0.4 is 0 Å². The molecule has 4 heterocycles. The van der Waals surface area contributed by atoms with E-state index in [-0.39, 0.29) is 11.9 Å². The lowest BCUT2D eigenvalue weighted by atomic mass is 10.00. The van der Waals surface area contributed by atoms with Gasteiger partial charge in [-0.2, -0.15) is 0 Å². The van der Waals surface area contributed by atoms with E-state index in [0.717, 1.165) is 56.7 Å². The molecule has 6 heteroatoms. The highest BCUT2D eigenvalue weighted by Gasteiger charge is 2.33. The number of carbonyl (C=O) groups excluding carboxylic acids is 1. The van der Waals surface area contributed by atoms with Gasteiger partial charge in [0, 0.05) is 18.8 Å². The van der Waals surface area contributed by atoms with Crippen molar-refractivity contribution in [2.75, 3.05) is 19.6 Å². The first-order valence-corrected chi connectivity index (χ1v) is 9.61. The van der Waals surface area contributed by atoms with Crippen LogP contribution in [0.5, 0.6) is 0 Å². The molecule has 4 rings (SSSR count). The van der Waals surface area contributed by atoms with Crippen LogP contribution >= 0.6 is 0 Å². The molecule has 0 N–H and O–H groups in total. The van der Waals surface area contributed by atoms with Gasteiger partial charge in [-0.25, -0.2) is 0 Å². The lowest BCUT2D eigenvalue weighted by molar-refractivity contribution is -0.136. The summed E-state index contributed by atoms with van der Waals surface area (Å²) in [7, 11) is 0. The van der Waals surface area contributed by atoms with Gasteiger partial charge in [-0.3, -0.25) is 14.1 Å². The summed E-state index contributed by atoms with van der Waals surface area (Å²) in [5.74, 6) is 1.25. The maximum atomic E-state index is 12.9. The van der Waals surface area contributed by atoms with Crippen molar-refractivity contribution in [1.82, 2.24) is 24.4 Å². The molecule has 6 nitrogen and oxygen atoms in total. The third-order valence-corrected chi connectivity index (χ3v) is 5.76. The van der Waals surface area contributed by atoms with Gasteiger partial charge in [-0.15, -0.1) is 10.2 Å². The summed E-state index contributed by atoms with van der Waals surface area (Å²) in [4.78, 5) is 17.4. The summed E-state index contributed by atoms with van der Waals surface area (Å²) < 4.78 is 2.06. The topological polar surface area (TPSA) is 53.7 Å². The van der Waals surface area contributed by atoms with Crippen LogP contribution in [0.1, 0.15) is 57.3 Å². The number of hydrogen-bond donors (Lipinski definition) is 0. The minimum Gasteiger partial charge on any atom is -0.339 e. The summed E-state index contributed by atoms with van der Waals surface area (Å²) in [6.45, 7) is 4.58. The van der Waals surface area contributed by atoms with E-state index >= 15 is 0 Å². The summed E-state index contributed by atoms with van der Waals surface area (Å²) in [6.07, 6.45) is 8.77. The van der Waals surface area contributed by atoms with Gasteiger partial charge in [0.2, 0.25) is 5.91 Å². The maximum absolute atomic E-state index is 12.9. The number of fused-ring (bicyclic) bond motifs is 1. The van der Waals surface area contributed by atoms with Crippen molar-refractivity contribution in [1.29, 1.82) is 0 Å². The average Bonchev–Trinajstić information content (AvgIpc) is 3.28. The Labute approximate surface area is 148 Å². The first-order chi connectivity index (χ1) is 12.3. The van der Waals surface area contributed by atoms with Crippen LogP contribution in [0.3, 0.4) is 0 Å². The molecule has 0 bridgehead atoms. The molecule has 0 radical (unpaired) electrons. The molecule has 2 aromatic rings.